The number of fused-ring (bicyclic) bond motifs is 1. The normalized spacial score (nSPS) is 12.7. The maximum Gasteiger partial charge on any atom is 0.242 e. The fraction of sp³-hybridized carbons (Fsp3) is 0.0556. The molecule has 0 amide bonds. The molecule has 0 fully saturated rings. The summed E-state index contributed by atoms with van der Waals surface area (Å²) < 4.78 is 27.6. The molecule has 0 aromatic heterocycles. The minimum Gasteiger partial charge on any atom is -0.207 e. The second-order valence-corrected chi connectivity index (χ2v) is 6.82. The number of hydrogen-bond donors (Lipinski definition) is 1. The summed E-state index contributed by atoms with van der Waals surface area (Å²) in [6.45, 7) is 0. The van der Waals surface area contributed by atoms with Gasteiger partial charge in [-0.15, -0.1) is 0 Å². The number of nitrogens with one attached hydrogen (secondary N) is 1. The lowest BCUT2D eigenvalue weighted by molar-refractivity contribution is 0.575. The molecule has 0 radical (unpaired) electrons. The topological polar surface area (TPSA) is 70.0 Å². The van der Waals surface area contributed by atoms with Crippen molar-refractivity contribution in [1.82, 2.24) is 4.72 Å². The van der Waals surface area contributed by atoms with Gasteiger partial charge in [-0.05, 0) is 28.5 Å². The highest BCUT2D eigenvalue weighted by Gasteiger charge is 2.21. The van der Waals surface area contributed by atoms with Crippen LogP contribution < -0.4 is 4.72 Å². The van der Waals surface area contributed by atoms with Crippen LogP contribution in [-0.2, 0) is 10.0 Å². The van der Waals surface area contributed by atoms with Crippen molar-refractivity contribution in [2.24, 2.45) is 0 Å². The molecule has 0 bridgehead atoms. The Bertz CT molecular complexity index is 977. The molecule has 3 aromatic carbocycles. The zero-order valence-corrected chi connectivity index (χ0v) is 13.0. The van der Waals surface area contributed by atoms with E-state index in [1.807, 2.05) is 36.4 Å². The van der Waals surface area contributed by atoms with Gasteiger partial charge in [0, 0.05) is 0 Å². The van der Waals surface area contributed by atoms with Gasteiger partial charge >= 0.3 is 0 Å². The van der Waals surface area contributed by atoms with Gasteiger partial charge in [0.15, 0.2) is 0 Å². The van der Waals surface area contributed by atoms with Crippen molar-refractivity contribution in [3.05, 3.63) is 78.4 Å². The van der Waals surface area contributed by atoms with E-state index in [4.69, 9.17) is 0 Å². The van der Waals surface area contributed by atoms with Gasteiger partial charge in [0.1, 0.15) is 6.04 Å². The summed E-state index contributed by atoms with van der Waals surface area (Å²) in [7, 11) is -3.78. The second kappa shape index (κ2) is 6.21. The van der Waals surface area contributed by atoms with Crippen molar-refractivity contribution in [2.45, 2.75) is 10.9 Å². The highest BCUT2D eigenvalue weighted by Crippen LogP contribution is 2.21. The van der Waals surface area contributed by atoms with Gasteiger partial charge in [-0.1, -0.05) is 60.7 Å². The quantitative estimate of drug-likeness (QED) is 0.800. The Labute approximate surface area is 135 Å². The van der Waals surface area contributed by atoms with Crippen LogP contribution in [0.15, 0.2) is 77.7 Å². The molecular formula is C18H14N2O2S. The van der Waals surface area contributed by atoms with Crippen LogP contribution in [0.25, 0.3) is 10.8 Å². The van der Waals surface area contributed by atoms with E-state index in [0.29, 0.717) is 5.56 Å². The Balaban J connectivity index is 1.95. The highest BCUT2D eigenvalue weighted by molar-refractivity contribution is 7.89. The number of sulfonamides is 1. The molecule has 0 aliphatic heterocycles. The maximum atomic E-state index is 12.6. The zero-order valence-electron chi connectivity index (χ0n) is 12.2. The Hall–Kier alpha value is -2.68. The molecule has 3 aromatic rings. The predicted molar refractivity (Wildman–Crippen MR) is 89.1 cm³/mol. The number of nitriles is 1. The fourth-order valence-electron chi connectivity index (χ4n) is 2.37. The largest absolute Gasteiger partial charge is 0.242 e. The molecule has 0 aliphatic rings. The third kappa shape index (κ3) is 3.24. The van der Waals surface area contributed by atoms with E-state index < -0.39 is 16.1 Å². The number of rotatable bonds is 4. The molecule has 0 spiro atoms. The van der Waals surface area contributed by atoms with E-state index >= 15 is 0 Å². The Kier molecular flexibility index (Phi) is 4.11. The summed E-state index contributed by atoms with van der Waals surface area (Å²) in [5.74, 6) is 0. The van der Waals surface area contributed by atoms with Crippen LogP contribution in [0.4, 0.5) is 0 Å². The Morgan fingerprint density at radius 1 is 0.870 bits per heavy atom. The Morgan fingerprint density at radius 3 is 2.22 bits per heavy atom. The molecular weight excluding hydrogens is 308 g/mol. The summed E-state index contributed by atoms with van der Waals surface area (Å²) in [4.78, 5) is 0.146. The van der Waals surface area contributed by atoms with E-state index in [1.54, 1.807) is 42.5 Å². The van der Waals surface area contributed by atoms with Crippen LogP contribution in [-0.4, -0.2) is 8.42 Å². The van der Waals surface area contributed by atoms with Crippen molar-refractivity contribution in [3.8, 4) is 6.07 Å². The van der Waals surface area contributed by atoms with Gasteiger partial charge in [-0.3, -0.25) is 0 Å². The zero-order chi connectivity index (χ0) is 16.3. The molecule has 0 saturated heterocycles. The predicted octanol–water partition coefficient (Wildman–Crippen LogP) is 3.38. The van der Waals surface area contributed by atoms with Gasteiger partial charge in [0.25, 0.3) is 0 Å². The first-order chi connectivity index (χ1) is 11.1. The second-order valence-electron chi connectivity index (χ2n) is 5.10. The lowest BCUT2D eigenvalue weighted by Gasteiger charge is -2.13. The van der Waals surface area contributed by atoms with Gasteiger partial charge in [-0.2, -0.15) is 9.98 Å². The number of hydrogen-bond acceptors (Lipinski definition) is 3. The molecule has 23 heavy (non-hydrogen) atoms. The summed E-state index contributed by atoms with van der Waals surface area (Å²) in [6.07, 6.45) is 0. The molecule has 1 unspecified atom stereocenters. The molecule has 1 atom stereocenters. The average molecular weight is 322 g/mol. The van der Waals surface area contributed by atoms with E-state index in [0.717, 1.165) is 10.8 Å². The molecule has 5 heteroatoms. The third-order valence-corrected chi connectivity index (χ3v) is 4.99. The minimum atomic E-state index is -3.78. The molecule has 4 nitrogen and oxygen atoms in total. The Morgan fingerprint density at radius 2 is 1.52 bits per heavy atom. The lowest BCUT2D eigenvalue weighted by atomic mass is 10.1. The van der Waals surface area contributed by atoms with Crippen LogP contribution >= 0.6 is 0 Å². The van der Waals surface area contributed by atoms with Crippen LogP contribution in [0.2, 0.25) is 0 Å². The van der Waals surface area contributed by atoms with Crippen molar-refractivity contribution in [2.75, 3.05) is 0 Å². The molecule has 3 rings (SSSR count). The van der Waals surface area contributed by atoms with Gasteiger partial charge in [-0.25, -0.2) is 8.42 Å². The van der Waals surface area contributed by atoms with Gasteiger partial charge in [0.2, 0.25) is 10.0 Å². The van der Waals surface area contributed by atoms with E-state index in [1.165, 1.54) is 0 Å². The van der Waals surface area contributed by atoms with Crippen molar-refractivity contribution in [1.29, 1.82) is 5.26 Å². The molecule has 0 heterocycles. The maximum absolute atomic E-state index is 12.6. The van der Waals surface area contributed by atoms with Crippen molar-refractivity contribution < 1.29 is 8.42 Å². The smallest absolute Gasteiger partial charge is 0.207 e. The standard InChI is InChI=1S/C18H14N2O2S/c19-13-18(15-7-2-1-3-8-15)20-23(21,22)17-11-10-14-6-4-5-9-16(14)12-17/h1-12,18,20H. The molecule has 1 N–H and O–H groups in total. The van der Waals surface area contributed by atoms with Crippen LogP contribution in [0.5, 0.6) is 0 Å². The third-order valence-electron chi connectivity index (χ3n) is 3.57. The summed E-state index contributed by atoms with van der Waals surface area (Å²) in [5.41, 5.74) is 0.611. The monoisotopic (exact) mass is 322 g/mol. The SMILES string of the molecule is N#CC(NS(=O)(=O)c1ccc2ccccc2c1)c1ccccc1. The summed E-state index contributed by atoms with van der Waals surface area (Å²) in [6, 6.07) is 22.3. The number of benzene rings is 3. The average Bonchev–Trinajstić information content (AvgIpc) is 2.60. The molecule has 0 aliphatic carbocycles. The van der Waals surface area contributed by atoms with Crippen molar-refractivity contribution in [3.63, 3.8) is 0 Å². The van der Waals surface area contributed by atoms with Crippen molar-refractivity contribution >= 4 is 20.8 Å². The first-order valence-corrected chi connectivity index (χ1v) is 8.54. The van der Waals surface area contributed by atoms with Gasteiger partial charge < -0.3 is 0 Å². The summed E-state index contributed by atoms with van der Waals surface area (Å²) in [5, 5.41) is 11.1. The molecule has 114 valence electrons. The van der Waals surface area contributed by atoms with Crippen LogP contribution in [0, 0.1) is 11.3 Å². The lowest BCUT2D eigenvalue weighted by Crippen LogP contribution is -2.27. The summed E-state index contributed by atoms with van der Waals surface area (Å²) >= 11 is 0. The molecule has 0 saturated carbocycles. The van der Waals surface area contributed by atoms with E-state index in [-0.39, 0.29) is 4.90 Å². The van der Waals surface area contributed by atoms with Crippen LogP contribution in [0.1, 0.15) is 11.6 Å². The van der Waals surface area contributed by atoms with E-state index in [2.05, 4.69) is 4.72 Å². The number of nitrogens with zero attached hydrogens (tertiary/aromatic N) is 1. The first kappa shape index (κ1) is 15.2. The van der Waals surface area contributed by atoms with Gasteiger partial charge in [0.05, 0.1) is 11.0 Å². The minimum absolute atomic E-state index is 0.146. The highest BCUT2D eigenvalue weighted by atomic mass is 32.2. The van der Waals surface area contributed by atoms with E-state index in [9.17, 15) is 13.7 Å². The van der Waals surface area contributed by atoms with Crippen LogP contribution in [0.3, 0.4) is 0 Å². The fourth-order valence-corrected chi connectivity index (χ4v) is 3.54. The first-order valence-electron chi connectivity index (χ1n) is 7.06.